The van der Waals surface area contributed by atoms with Crippen LogP contribution in [0.25, 0.3) is 10.9 Å². The molecule has 1 aliphatic heterocycles. The molecule has 2 amide bonds. The zero-order valence-corrected chi connectivity index (χ0v) is 14.6. The quantitative estimate of drug-likeness (QED) is 0.763. The molecule has 2 heterocycles. The van der Waals surface area contributed by atoms with Crippen molar-refractivity contribution in [2.24, 2.45) is 0 Å². The first kappa shape index (κ1) is 16.2. The molecule has 0 spiro atoms. The minimum absolute atomic E-state index is 0.0818. The normalized spacial score (nSPS) is 16.1. The Morgan fingerprint density at radius 1 is 1.23 bits per heavy atom. The van der Waals surface area contributed by atoms with Crippen LogP contribution in [0.4, 0.5) is 5.69 Å². The molecular formula is C20H19N3O3. The van der Waals surface area contributed by atoms with E-state index in [0.29, 0.717) is 29.2 Å². The van der Waals surface area contributed by atoms with Gasteiger partial charge in [0, 0.05) is 40.8 Å². The van der Waals surface area contributed by atoms with Gasteiger partial charge in [0.25, 0.3) is 11.8 Å². The maximum absolute atomic E-state index is 12.7. The highest BCUT2D eigenvalue weighted by Crippen LogP contribution is 2.28. The molecular weight excluding hydrogens is 330 g/mol. The summed E-state index contributed by atoms with van der Waals surface area (Å²) in [7, 11) is 1.59. The number of hydrogen-bond acceptors (Lipinski definition) is 3. The maximum Gasteiger partial charge on any atom is 0.268 e. The number of rotatable bonds is 3. The molecule has 0 saturated heterocycles. The van der Waals surface area contributed by atoms with Gasteiger partial charge in [0.15, 0.2) is 0 Å². The van der Waals surface area contributed by atoms with Gasteiger partial charge in [-0.25, -0.2) is 0 Å². The maximum atomic E-state index is 12.7. The van der Waals surface area contributed by atoms with E-state index in [9.17, 15) is 9.59 Å². The van der Waals surface area contributed by atoms with E-state index in [1.54, 1.807) is 19.2 Å². The standard InChI is InChI=1S/C20H19N3O3/c1-12-11-21-20(25)18-8-13-6-7-14(9-17(13)23(12)18)19(24)22-15-4-3-5-16(10-15)26-2/h3-10,12H,11H2,1-2H3,(H,21,25)(H,22,24). The Labute approximate surface area is 150 Å². The number of nitrogens with zero attached hydrogens (tertiary/aromatic N) is 1. The molecule has 4 rings (SSSR count). The topological polar surface area (TPSA) is 72.4 Å². The molecule has 0 radical (unpaired) electrons. The molecule has 6 nitrogen and oxygen atoms in total. The van der Waals surface area contributed by atoms with Crippen LogP contribution in [0.5, 0.6) is 5.75 Å². The van der Waals surface area contributed by atoms with Crippen LogP contribution in [0, 0.1) is 0 Å². The zero-order valence-electron chi connectivity index (χ0n) is 14.6. The fraction of sp³-hybridized carbons (Fsp3) is 0.200. The van der Waals surface area contributed by atoms with E-state index in [0.717, 1.165) is 10.9 Å². The summed E-state index contributed by atoms with van der Waals surface area (Å²) in [5, 5.41) is 6.71. The number of anilines is 1. The molecule has 0 fully saturated rings. The second kappa shape index (κ2) is 6.22. The first-order chi connectivity index (χ1) is 12.6. The third-order valence-corrected chi connectivity index (χ3v) is 4.66. The first-order valence-electron chi connectivity index (χ1n) is 8.45. The highest BCUT2D eigenvalue weighted by molar-refractivity contribution is 6.07. The van der Waals surface area contributed by atoms with Crippen LogP contribution in [-0.4, -0.2) is 30.0 Å². The average molecular weight is 349 g/mol. The molecule has 1 unspecified atom stereocenters. The van der Waals surface area contributed by atoms with Crippen molar-refractivity contribution < 1.29 is 14.3 Å². The van der Waals surface area contributed by atoms with Crippen molar-refractivity contribution in [2.45, 2.75) is 13.0 Å². The summed E-state index contributed by atoms with van der Waals surface area (Å²) >= 11 is 0. The van der Waals surface area contributed by atoms with Gasteiger partial charge >= 0.3 is 0 Å². The molecule has 6 heteroatoms. The molecule has 2 N–H and O–H groups in total. The van der Waals surface area contributed by atoms with Gasteiger partial charge in [0.1, 0.15) is 11.4 Å². The van der Waals surface area contributed by atoms with E-state index in [-0.39, 0.29) is 17.9 Å². The van der Waals surface area contributed by atoms with E-state index >= 15 is 0 Å². The van der Waals surface area contributed by atoms with Crippen molar-refractivity contribution in [3.05, 3.63) is 59.8 Å². The molecule has 132 valence electrons. The largest absolute Gasteiger partial charge is 0.497 e. The lowest BCUT2D eigenvalue weighted by Gasteiger charge is -2.24. The molecule has 0 aliphatic carbocycles. The summed E-state index contributed by atoms with van der Waals surface area (Å²) in [5.41, 5.74) is 2.73. The average Bonchev–Trinajstić information content (AvgIpc) is 3.05. The SMILES string of the molecule is COc1cccc(NC(=O)c2ccc3cc4n(c3c2)C(C)CNC4=O)c1. The van der Waals surface area contributed by atoms with Gasteiger partial charge in [-0.15, -0.1) is 0 Å². The van der Waals surface area contributed by atoms with E-state index in [2.05, 4.69) is 10.6 Å². The lowest BCUT2D eigenvalue weighted by atomic mass is 10.1. The second-order valence-electron chi connectivity index (χ2n) is 6.42. The summed E-state index contributed by atoms with van der Waals surface area (Å²) in [6.07, 6.45) is 0. The van der Waals surface area contributed by atoms with Crippen LogP contribution in [0.2, 0.25) is 0 Å². The van der Waals surface area contributed by atoms with E-state index in [1.807, 2.05) is 47.9 Å². The molecule has 3 aromatic rings. The fourth-order valence-electron chi connectivity index (χ4n) is 3.34. The second-order valence-corrected chi connectivity index (χ2v) is 6.42. The predicted molar refractivity (Wildman–Crippen MR) is 99.9 cm³/mol. The minimum atomic E-state index is -0.205. The minimum Gasteiger partial charge on any atom is -0.497 e. The van der Waals surface area contributed by atoms with E-state index < -0.39 is 0 Å². The van der Waals surface area contributed by atoms with Crippen LogP contribution in [0.15, 0.2) is 48.5 Å². The Hall–Kier alpha value is -3.28. The highest BCUT2D eigenvalue weighted by atomic mass is 16.5. The summed E-state index contributed by atoms with van der Waals surface area (Å²) in [6.45, 7) is 2.63. The van der Waals surface area contributed by atoms with Crippen LogP contribution in [-0.2, 0) is 0 Å². The Morgan fingerprint density at radius 3 is 2.88 bits per heavy atom. The van der Waals surface area contributed by atoms with Gasteiger partial charge in [0.2, 0.25) is 0 Å². The van der Waals surface area contributed by atoms with Crippen molar-refractivity contribution in [1.29, 1.82) is 0 Å². The number of methoxy groups -OCH3 is 1. The van der Waals surface area contributed by atoms with Crippen molar-refractivity contribution in [3.8, 4) is 5.75 Å². The summed E-state index contributed by atoms with van der Waals surface area (Å²) < 4.78 is 7.18. The number of hydrogen-bond donors (Lipinski definition) is 2. The van der Waals surface area contributed by atoms with Crippen molar-refractivity contribution in [2.75, 3.05) is 19.0 Å². The summed E-state index contributed by atoms with van der Waals surface area (Å²) in [6, 6.07) is 14.7. The number of amides is 2. The number of aromatic nitrogens is 1. The van der Waals surface area contributed by atoms with Crippen LogP contribution in [0.1, 0.15) is 33.8 Å². The van der Waals surface area contributed by atoms with Crippen molar-refractivity contribution in [1.82, 2.24) is 9.88 Å². The number of nitrogens with one attached hydrogen (secondary N) is 2. The monoisotopic (exact) mass is 349 g/mol. The number of ether oxygens (including phenoxy) is 1. The lowest BCUT2D eigenvalue weighted by molar-refractivity contribution is 0.0919. The van der Waals surface area contributed by atoms with Gasteiger partial charge in [-0.05, 0) is 37.3 Å². The van der Waals surface area contributed by atoms with Gasteiger partial charge in [-0.3, -0.25) is 9.59 Å². The Bertz CT molecular complexity index is 1020. The van der Waals surface area contributed by atoms with Gasteiger partial charge in [-0.2, -0.15) is 0 Å². The van der Waals surface area contributed by atoms with Gasteiger partial charge in [-0.1, -0.05) is 12.1 Å². The molecule has 1 aromatic heterocycles. The molecule has 26 heavy (non-hydrogen) atoms. The third-order valence-electron chi connectivity index (χ3n) is 4.66. The lowest BCUT2D eigenvalue weighted by Crippen LogP contribution is -2.37. The highest BCUT2D eigenvalue weighted by Gasteiger charge is 2.24. The zero-order chi connectivity index (χ0) is 18.3. The van der Waals surface area contributed by atoms with E-state index in [1.165, 1.54) is 0 Å². The van der Waals surface area contributed by atoms with Crippen molar-refractivity contribution in [3.63, 3.8) is 0 Å². The molecule has 2 aromatic carbocycles. The third kappa shape index (κ3) is 2.69. The molecule has 0 bridgehead atoms. The molecule has 1 aliphatic rings. The first-order valence-corrected chi connectivity index (χ1v) is 8.45. The van der Waals surface area contributed by atoms with Crippen LogP contribution in [0.3, 0.4) is 0 Å². The summed E-state index contributed by atoms with van der Waals surface area (Å²) in [4.78, 5) is 24.8. The molecule has 0 saturated carbocycles. The predicted octanol–water partition coefficient (Wildman–Crippen LogP) is 3.21. The smallest absolute Gasteiger partial charge is 0.268 e. The number of carbonyl (C=O) groups excluding carboxylic acids is 2. The van der Waals surface area contributed by atoms with E-state index in [4.69, 9.17) is 4.74 Å². The number of fused-ring (bicyclic) bond motifs is 3. The summed E-state index contributed by atoms with van der Waals surface area (Å²) in [5.74, 6) is 0.393. The van der Waals surface area contributed by atoms with Crippen LogP contribution >= 0.6 is 0 Å². The number of benzene rings is 2. The van der Waals surface area contributed by atoms with Crippen molar-refractivity contribution >= 4 is 28.4 Å². The van der Waals surface area contributed by atoms with Crippen LogP contribution < -0.4 is 15.4 Å². The Balaban J connectivity index is 1.69. The fourth-order valence-corrected chi connectivity index (χ4v) is 3.34. The number of carbonyl (C=O) groups is 2. The Morgan fingerprint density at radius 2 is 2.08 bits per heavy atom. The molecule has 1 atom stereocenters. The van der Waals surface area contributed by atoms with Gasteiger partial charge in [0.05, 0.1) is 7.11 Å². The Kier molecular flexibility index (Phi) is 3.88. The van der Waals surface area contributed by atoms with Gasteiger partial charge < -0.3 is 19.9 Å².